The fraction of sp³-hybridized carbons (Fsp3) is 0.364. The van der Waals surface area contributed by atoms with E-state index in [0.29, 0.717) is 11.4 Å². The quantitative estimate of drug-likeness (QED) is 0.909. The van der Waals surface area contributed by atoms with Crippen LogP contribution >= 0.6 is 11.6 Å². The van der Waals surface area contributed by atoms with Gasteiger partial charge in [-0.15, -0.1) is 0 Å². The van der Waals surface area contributed by atoms with Gasteiger partial charge in [-0.1, -0.05) is 11.6 Å². The van der Waals surface area contributed by atoms with E-state index < -0.39 is 25.3 Å². The van der Waals surface area contributed by atoms with E-state index in [0.717, 1.165) is 0 Å². The van der Waals surface area contributed by atoms with Crippen LogP contribution in [0.4, 0.5) is 18.9 Å². The largest absolute Gasteiger partial charge is 0.495 e. The Morgan fingerprint density at radius 1 is 1.42 bits per heavy atom. The molecule has 0 atom stereocenters. The average Bonchev–Trinajstić information content (AvgIpc) is 2.27. The van der Waals surface area contributed by atoms with Crippen molar-refractivity contribution in [1.82, 2.24) is 0 Å². The van der Waals surface area contributed by atoms with Crippen molar-refractivity contribution < 1.29 is 27.4 Å². The fourth-order valence-electron chi connectivity index (χ4n) is 1.20. The number of carbonyl (C=O) groups is 1. The summed E-state index contributed by atoms with van der Waals surface area (Å²) in [6.45, 7) is -2.16. The third kappa shape index (κ3) is 5.80. The number of halogens is 4. The van der Waals surface area contributed by atoms with Gasteiger partial charge in [0.05, 0.1) is 12.1 Å². The second-order valence-electron chi connectivity index (χ2n) is 3.51. The Morgan fingerprint density at radius 2 is 2.11 bits per heavy atom. The van der Waals surface area contributed by atoms with Crippen LogP contribution in [0, 0.1) is 0 Å². The van der Waals surface area contributed by atoms with Gasteiger partial charge in [-0.2, -0.15) is 13.2 Å². The fourth-order valence-corrected chi connectivity index (χ4v) is 1.46. The molecule has 0 aliphatic heterocycles. The summed E-state index contributed by atoms with van der Waals surface area (Å²) < 4.78 is 44.5. The molecular formula is C11H11ClF3NO3. The SMILES string of the molecule is COc1ccc(NC(=O)COCC(F)(F)F)cc1Cl. The molecule has 0 heterocycles. The van der Waals surface area contributed by atoms with Crippen LogP contribution in [0.2, 0.25) is 5.02 Å². The summed E-state index contributed by atoms with van der Waals surface area (Å²) in [6, 6.07) is 4.45. The molecule has 1 aromatic carbocycles. The van der Waals surface area contributed by atoms with E-state index in [4.69, 9.17) is 16.3 Å². The molecule has 4 nitrogen and oxygen atoms in total. The van der Waals surface area contributed by atoms with E-state index in [1.165, 1.54) is 25.3 Å². The summed E-state index contributed by atoms with van der Waals surface area (Å²) in [5, 5.41) is 2.62. The molecule has 1 aromatic rings. The Labute approximate surface area is 112 Å². The molecule has 8 heteroatoms. The molecule has 0 bridgehead atoms. The normalized spacial score (nSPS) is 11.2. The average molecular weight is 298 g/mol. The molecule has 0 aliphatic carbocycles. The summed E-state index contributed by atoms with van der Waals surface area (Å²) in [4.78, 5) is 11.3. The van der Waals surface area contributed by atoms with Crippen LogP contribution in [0.15, 0.2) is 18.2 Å². The first-order chi connectivity index (χ1) is 8.81. The summed E-state index contributed by atoms with van der Waals surface area (Å²) >= 11 is 5.82. The first-order valence-electron chi connectivity index (χ1n) is 5.09. The van der Waals surface area contributed by atoms with Crippen molar-refractivity contribution in [2.45, 2.75) is 6.18 Å². The lowest BCUT2D eigenvalue weighted by Crippen LogP contribution is -2.23. The number of anilines is 1. The lowest BCUT2D eigenvalue weighted by atomic mass is 10.3. The highest BCUT2D eigenvalue weighted by molar-refractivity contribution is 6.32. The number of amides is 1. The molecule has 0 spiro atoms. The van der Waals surface area contributed by atoms with Crippen LogP contribution in [-0.2, 0) is 9.53 Å². The highest BCUT2D eigenvalue weighted by Crippen LogP contribution is 2.27. The van der Waals surface area contributed by atoms with E-state index in [1.54, 1.807) is 0 Å². The maximum Gasteiger partial charge on any atom is 0.411 e. The summed E-state index contributed by atoms with van der Waals surface area (Å²) in [5.41, 5.74) is 0.339. The first kappa shape index (κ1) is 15.6. The molecule has 0 fully saturated rings. The van der Waals surface area contributed by atoms with Gasteiger partial charge >= 0.3 is 6.18 Å². The van der Waals surface area contributed by atoms with Crippen LogP contribution in [0.5, 0.6) is 5.75 Å². The number of carbonyl (C=O) groups excluding carboxylic acids is 1. The molecule has 0 saturated carbocycles. The Balaban J connectivity index is 2.46. The topological polar surface area (TPSA) is 47.6 Å². The van der Waals surface area contributed by atoms with E-state index in [9.17, 15) is 18.0 Å². The van der Waals surface area contributed by atoms with Crippen LogP contribution in [-0.4, -0.2) is 32.4 Å². The van der Waals surface area contributed by atoms with E-state index >= 15 is 0 Å². The number of hydrogen-bond acceptors (Lipinski definition) is 3. The van der Waals surface area contributed by atoms with Crippen LogP contribution in [0.25, 0.3) is 0 Å². The molecule has 1 rings (SSSR count). The number of benzene rings is 1. The highest BCUT2D eigenvalue weighted by atomic mass is 35.5. The van der Waals surface area contributed by atoms with E-state index in [2.05, 4.69) is 10.1 Å². The van der Waals surface area contributed by atoms with Crippen molar-refractivity contribution in [2.24, 2.45) is 0 Å². The van der Waals surface area contributed by atoms with Gasteiger partial charge in [0, 0.05) is 5.69 Å². The zero-order chi connectivity index (χ0) is 14.5. The molecule has 0 aromatic heterocycles. The minimum atomic E-state index is -4.45. The second kappa shape index (κ2) is 6.63. The van der Waals surface area contributed by atoms with Gasteiger partial charge in [0.15, 0.2) is 0 Å². The highest BCUT2D eigenvalue weighted by Gasteiger charge is 2.27. The lowest BCUT2D eigenvalue weighted by Gasteiger charge is -2.09. The van der Waals surface area contributed by atoms with Gasteiger partial charge < -0.3 is 14.8 Å². The molecule has 0 aliphatic rings. The minimum absolute atomic E-state index is 0.275. The number of nitrogens with one attached hydrogen (secondary N) is 1. The molecular weight excluding hydrogens is 287 g/mol. The lowest BCUT2D eigenvalue weighted by molar-refractivity contribution is -0.174. The Morgan fingerprint density at radius 3 is 2.63 bits per heavy atom. The summed E-state index contributed by atoms with van der Waals surface area (Å²) in [5.74, 6) is -0.279. The maximum atomic E-state index is 11.8. The van der Waals surface area contributed by atoms with Crippen molar-refractivity contribution in [1.29, 1.82) is 0 Å². The van der Waals surface area contributed by atoms with Crippen molar-refractivity contribution in [2.75, 3.05) is 25.6 Å². The third-order valence-corrected chi connectivity index (χ3v) is 2.23. The zero-order valence-electron chi connectivity index (χ0n) is 9.88. The maximum absolute atomic E-state index is 11.8. The van der Waals surface area contributed by atoms with Gasteiger partial charge in [-0.05, 0) is 18.2 Å². The predicted octanol–water partition coefficient (Wildman–Crippen LogP) is 2.87. The van der Waals surface area contributed by atoms with Crippen molar-refractivity contribution >= 4 is 23.2 Å². The Hall–Kier alpha value is -1.47. The number of ether oxygens (including phenoxy) is 2. The molecule has 1 amide bonds. The van der Waals surface area contributed by atoms with Crippen molar-refractivity contribution in [3.63, 3.8) is 0 Å². The molecule has 106 valence electrons. The number of hydrogen-bond donors (Lipinski definition) is 1. The van der Waals surface area contributed by atoms with Gasteiger partial charge in [0.25, 0.3) is 0 Å². The monoisotopic (exact) mass is 297 g/mol. The standard InChI is InChI=1S/C11H11ClF3NO3/c1-18-9-3-2-7(4-8(9)12)16-10(17)5-19-6-11(13,14)15/h2-4H,5-6H2,1H3,(H,16,17). The van der Waals surface area contributed by atoms with Gasteiger partial charge in [0.2, 0.25) is 5.91 Å². The number of methoxy groups -OCH3 is 1. The minimum Gasteiger partial charge on any atom is -0.495 e. The van der Waals surface area contributed by atoms with E-state index in [-0.39, 0.29) is 5.02 Å². The smallest absolute Gasteiger partial charge is 0.411 e. The molecule has 1 N–H and O–H groups in total. The summed E-state index contributed by atoms with van der Waals surface area (Å²) in [6.07, 6.45) is -4.45. The number of alkyl halides is 3. The number of rotatable bonds is 5. The molecule has 0 radical (unpaired) electrons. The van der Waals surface area contributed by atoms with Gasteiger partial charge in [-0.3, -0.25) is 4.79 Å². The van der Waals surface area contributed by atoms with Crippen LogP contribution in [0.3, 0.4) is 0 Å². The van der Waals surface area contributed by atoms with Crippen molar-refractivity contribution in [3.05, 3.63) is 23.2 Å². The predicted molar refractivity (Wildman–Crippen MR) is 63.5 cm³/mol. The van der Waals surface area contributed by atoms with Gasteiger partial charge in [0.1, 0.15) is 19.0 Å². The first-order valence-corrected chi connectivity index (χ1v) is 5.47. The Kier molecular flexibility index (Phi) is 5.44. The summed E-state index contributed by atoms with van der Waals surface area (Å²) in [7, 11) is 1.43. The van der Waals surface area contributed by atoms with Crippen LogP contribution < -0.4 is 10.1 Å². The molecule has 0 unspecified atom stereocenters. The third-order valence-electron chi connectivity index (χ3n) is 1.93. The van der Waals surface area contributed by atoms with Crippen molar-refractivity contribution in [3.8, 4) is 5.75 Å². The van der Waals surface area contributed by atoms with Gasteiger partial charge in [-0.25, -0.2) is 0 Å². The Bertz CT molecular complexity index is 451. The van der Waals surface area contributed by atoms with Crippen LogP contribution in [0.1, 0.15) is 0 Å². The molecule has 0 saturated heterocycles. The van der Waals surface area contributed by atoms with E-state index in [1.807, 2.05) is 0 Å². The second-order valence-corrected chi connectivity index (χ2v) is 3.91. The molecule has 19 heavy (non-hydrogen) atoms. The zero-order valence-corrected chi connectivity index (χ0v) is 10.6.